The standard InChI is InChI=1S/C12H20N2O3S/c1-2-14(11-12-5-7-13-8-6-12)18(16,17)10-4-3-9-15/h5-8,15H,2-4,9-11H2,1H3. The lowest BCUT2D eigenvalue weighted by molar-refractivity contribution is 0.286. The molecule has 0 spiro atoms. The molecule has 0 unspecified atom stereocenters. The number of aromatic nitrogens is 1. The molecule has 0 aliphatic carbocycles. The van der Waals surface area contributed by atoms with E-state index in [0.29, 0.717) is 25.9 Å². The lowest BCUT2D eigenvalue weighted by Gasteiger charge is -2.20. The normalized spacial score (nSPS) is 11.9. The van der Waals surface area contributed by atoms with E-state index < -0.39 is 10.0 Å². The Labute approximate surface area is 109 Å². The highest BCUT2D eigenvalue weighted by Gasteiger charge is 2.19. The molecule has 0 aliphatic heterocycles. The van der Waals surface area contributed by atoms with E-state index in [1.807, 2.05) is 19.1 Å². The van der Waals surface area contributed by atoms with E-state index in [1.54, 1.807) is 12.4 Å². The average molecular weight is 272 g/mol. The molecule has 102 valence electrons. The van der Waals surface area contributed by atoms with Gasteiger partial charge in [0.25, 0.3) is 0 Å². The summed E-state index contributed by atoms with van der Waals surface area (Å²) < 4.78 is 25.6. The molecule has 1 heterocycles. The van der Waals surface area contributed by atoms with Crippen LogP contribution in [0.5, 0.6) is 0 Å². The number of unbranched alkanes of at least 4 members (excludes halogenated alkanes) is 1. The van der Waals surface area contributed by atoms with Crippen LogP contribution in [0.4, 0.5) is 0 Å². The molecular formula is C12H20N2O3S. The highest BCUT2D eigenvalue weighted by molar-refractivity contribution is 7.89. The zero-order valence-electron chi connectivity index (χ0n) is 10.6. The van der Waals surface area contributed by atoms with Gasteiger partial charge < -0.3 is 5.11 Å². The Morgan fingerprint density at radius 3 is 2.50 bits per heavy atom. The first-order valence-electron chi connectivity index (χ1n) is 6.07. The summed E-state index contributed by atoms with van der Waals surface area (Å²) in [7, 11) is -3.24. The molecule has 0 aromatic carbocycles. The minimum Gasteiger partial charge on any atom is -0.396 e. The minimum absolute atomic E-state index is 0.0337. The van der Waals surface area contributed by atoms with Crippen molar-refractivity contribution in [2.45, 2.75) is 26.3 Å². The number of hydrogen-bond donors (Lipinski definition) is 1. The van der Waals surface area contributed by atoms with Crippen LogP contribution in [0.15, 0.2) is 24.5 Å². The van der Waals surface area contributed by atoms with Crippen molar-refractivity contribution in [2.75, 3.05) is 18.9 Å². The van der Waals surface area contributed by atoms with Crippen LogP contribution in [-0.4, -0.2) is 41.7 Å². The van der Waals surface area contributed by atoms with Crippen molar-refractivity contribution < 1.29 is 13.5 Å². The van der Waals surface area contributed by atoms with Crippen molar-refractivity contribution >= 4 is 10.0 Å². The van der Waals surface area contributed by atoms with Crippen molar-refractivity contribution in [1.29, 1.82) is 0 Å². The average Bonchev–Trinajstić information content (AvgIpc) is 2.37. The third-order valence-corrected chi connectivity index (χ3v) is 4.64. The molecule has 18 heavy (non-hydrogen) atoms. The number of nitrogens with zero attached hydrogens (tertiary/aromatic N) is 2. The third kappa shape index (κ3) is 4.72. The van der Waals surface area contributed by atoms with E-state index in [4.69, 9.17) is 5.11 Å². The van der Waals surface area contributed by atoms with Crippen LogP contribution in [-0.2, 0) is 16.6 Å². The summed E-state index contributed by atoms with van der Waals surface area (Å²) in [6, 6.07) is 3.62. The largest absolute Gasteiger partial charge is 0.396 e. The van der Waals surface area contributed by atoms with Gasteiger partial charge in [-0.05, 0) is 30.5 Å². The minimum atomic E-state index is -3.24. The van der Waals surface area contributed by atoms with Crippen LogP contribution >= 0.6 is 0 Å². The number of rotatable bonds is 8. The summed E-state index contributed by atoms with van der Waals surface area (Å²) in [6.45, 7) is 2.68. The van der Waals surface area contributed by atoms with Crippen molar-refractivity contribution in [3.8, 4) is 0 Å². The molecule has 0 amide bonds. The van der Waals surface area contributed by atoms with Crippen molar-refractivity contribution in [3.05, 3.63) is 30.1 Å². The molecule has 1 aromatic heterocycles. The van der Waals surface area contributed by atoms with Gasteiger partial charge in [-0.3, -0.25) is 4.98 Å². The zero-order valence-corrected chi connectivity index (χ0v) is 11.4. The molecule has 1 N–H and O–H groups in total. The quantitative estimate of drug-likeness (QED) is 0.717. The topological polar surface area (TPSA) is 70.5 Å². The number of sulfonamides is 1. The Kier molecular flexibility index (Phi) is 6.24. The second-order valence-corrected chi connectivity index (χ2v) is 6.12. The maximum absolute atomic E-state index is 12.1. The molecule has 0 fully saturated rings. The van der Waals surface area contributed by atoms with Gasteiger partial charge in [-0.15, -0.1) is 0 Å². The summed E-state index contributed by atoms with van der Waals surface area (Å²) in [6.07, 6.45) is 4.32. The van der Waals surface area contributed by atoms with Crippen LogP contribution in [0.3, 0.4) is 0 Å². The van der Waals surface area contributed by atoms with E-state index in [2.05, 4.69) is 4.98 Å². The highest BCUT2D eigenvalue weighted by Crippen LogP contribution is 2.10. The fraction of sp³-hybridized carbons (Fsp3) is 0.583. The van der Waals surface area contributed by atoms with Gasteiger partial charge in [0.1, 0.15) is 0 Å². The van der Waals surface area contributed by atoms with Crippen LogP contribution in [0, 0.1) is 0 Å². The fourth-order valence-electron chi connectivity index (χ4n) is 1.62. The van der Waals surface area contributed by atoms with Crippen LogP contribution in [0.25, 0.3) is 0 Å². The maximum atomic E-state index is 12.1. The molecular weight excluding hydrogens is 252 g/mol. The van der Waals surface area contributed by atoms with E-state index in [1.165, 1.54) is 4.31 Å². The Hall–Kier alpha value is -0.980. The van der Waals surface area contributed by atoms with Gasteiger partial charge in [-0.2, -0.15) is 4.31 Å². The number of aliphatic hydroxyl groups excluding tert-OH is 1. The van der Waals surface area contributed by atoms with E-state index >= 15 is 0 Å². The van der Waals surface area contributed by atoms with Gasteiger partial charge in [-0.1, -0.05) is 6.92 Å². The van der Waals surface area contributed by atoms with E-state index in [0.717, 1.165) is 5.56 Å². The van der Waals surface area contributed by atoms with Crippen molar-refractivity contribution in [3.63, 3.8) is 0 Å². The predicted molar refractivity (Wildman–Crippen MR) is 70.4 cm³/mol. The van der Waals surface area contributed by atoms with Crippen molar-refractivity contribution in [1.82, 2.24) is 9.29 Å². The van der Waals surface area contributed by atoms with Crippen LogP contribution in [0.1, 0.15) is 25.3 Å². The van der Waals surface area contributed by atoms with Gasteiger partial charge in [0.15, 0.2) is 0 Å². The Balaban J connectivity index is 2.65. The fourth-order valence-corrected chi connectivity index (χ4v) is 3.19. The number of hydrogen-bond acceptors (Lipinski definition) is 4. The Bertz CT molecular complexity index is 434. The SMILES string of the molecule is CCN(Cc1ccncc1)S(=O)(=O)CCCCO. The van der Waals surface area contributed by atoms with Gasteiger partial charge in [0, 0.05) is 32.1 Å². The predicted octanol–water partition coefficient (Wildman–Crippen LogP) is 1.01. The van der Waals surface area contributed by atoms with E-state index in [9.17, 15) is 8.42 Å². The smallest absolute Gasteiger partial charge is 0.214 e. The maximum Gasteiger partial charge on any atom is 0.214 e. The summed E-state index contributed by atoms with van der Waals surface area (Å²) in [4.78, 5) is 3.91. The molecule has 1 aromatic rings. The van der Waals surface area contributed by atoms with Crippen LogP contribution < -0.4 is 0 Å². The molecule has 0 atom stereocenters. The molecule has 1 rings (SSSR count). The number of pyridine rings is 1. The molecule has 0 saturated heterocycles. The first-order chi connectivity index (χ1) is 8.60. The lowest BCUT2D eigenvalue weighted by Crippen LogP contribution is -2.32. The van der Waals surface area contributed by atoms with E-state index in [-0.39, 0.29) is 12.4 Å². The second-order valence-electron chi connectivity index (χ2n) is 4.03. The van der Waals surface area contributed by atoms with Gasteiger partial charge in [-0.25, -0.2) is 8.42 Å². The molecule has 0 aliphatic rings. The summed E-state index contributed by atoms with van der Waals surface area (Å²) in [5.74, 6) is 0.0898. The van der Waals surface area contributed by atoms with Crippen LogP contribution in [0.2, 0.25) is 0 Å². The van der Waals surface area contributed by atoms with Gasteiger partial charge >= 0.3 is 0 Å². The van der Waals surface area contributed by atoms with Crippen molar-refractivity contribution in [2.24, 2.45) is 0 Å². The second kappa shape index (κ2) is 7.45. The molecule has 6 heteroatoms. The number of aliphatic hydroxyl groups is 1. The first-order valence-corrected chi connectivity index (χ1v) is 7.68. The summed E-state index contributed by atoms with van der Waals surface area (Å²) in [5, 5.41) is 8.68. The van der Waals surface area contributed by atoms with Gasteiger partial charge in [0.05, 0.1) is 5.75 Å². The molecule has 5 nitrogen and oxygen atoms in total. The highest BCUT2D eigenvalue weighted by atomic mass is 32.2. The lowest BCUT2D eigenvalue weighted by atomic mass is 10.3. The summed E-state index contributed by atoms with van der Waals surface area (Å²) >= 11 is 0. The molecule has 0 radical (unpaired) electrons. The first kappa shape index (κ1) is 15.1. The monoisotopic (exact) mass is 272 g/mol. The molecule has 0 bridgehead atoms. The molecule has 0 saturated carbocycles. The third-order valence-electron chi connectivity index (χ3n) is 2.66. The summed E-state index contributed by atoms with van der Waals surface area (Å²) in [5.41, 5.74) is 0.928. The Morgan fingerprint density at radius 2 is 1.94 bits per heavy atom. The Morgan fingerprint density at radius 1 is 1.28 bits per heavy atom. The zero-order chi connectivity index (χ0) is 13.4. The van der Waals surface area contributed by atoms with Gasteiger partial charge in [0.2, 0.25) is 10.0 Å².